The van der Waals surface area contributed by atoms with Crippen molar-refractivity contribution in [1.29, 1.82) is 0 Å². The third-order valence-electron chi connectivity index (χ3n) is 1.15. The van der Waals surface area contributed by atoms with E-state index in [9.17, 15) is 4.79 Å². The first-order valence-electron chi connectivity index (χ1n) is 3.85. The van der Waals surface area contributed by atoms with Crippen LogP contribution in [0.5, 0.6) is 0 Å². The standard InChI is InChI=1S/C7H10O3.C3H4/c1-5(2)7(8)10-4-6-3-9-6;1-3-2/h6H,1,3-4H2,2H3;1-2H2. The zero-order valence-electron chi connectivity index (χ0n) is 7.84. The Balaban J connectivity index is 0.000000424. The molecule has 13 heavy (non-hydrogen) atoms. The summed E-state index contributed by atoms with van der Waals surface area (Å²) in [6.45, 7) is 12.4. The molecule has 1 fully saturated rings. The molecule has 0 radical (unpaired) electrons. The fourth-order valence-corrected chi connectivity index (χ4v) is 0.456. The summed E-state index contributed by atoms with van der Waals surface area (Å²) in [6.07, 6.45) is 0.142. The molecule has 0 aliphatic carbocycles. The van der Waals surface area contributed by atoms with Gasteiger partial charge in [-0.1, -0.05) is 19.7 Å². The number of esters is 1. The van der Waals surface area contributed by atoms with E-state index in [0.717, 1.165) is 0 Å². The number of hydrogen-bond donors (Lipinski definition) is 0. The lowest BCUT2D eigenvalue weighted by molar-refractivity contribution is -0.139. The van der Waals surface area contributed by atoms with E-state index in [4.69, 9.17) is 9.47 Å². The monoisotopic (exact) mass is 182 g/mol. The molecule has 72 valence electrons. The van der Waals surface area contributed by atoms with Gasteiger partial charge in [0.05, 0.1) is 6.61 Å². The highest BCUT2D eigenvalue weighted by atomic mass is 16.6. The molecule has 0 aromatic carbocycles. The van der Waals surface area contributed by atoms with Crippen molar-refractivity contribution in [3.8, 4) is 0 Å². The lowest BCUT2D eigenvalue weighted by Crippen LogP contribution is -2.09. The van der Waals surface area contributed by atoms with Crippen LogP contribution < -0.4 is 0 Å². The Kier molecular flexibility index (Phi) is 5.60. The molecule has 1 rings (SSSR count). The lowest BCUT2D eigenvalue weighted by Gasteiger charge is -1.99. The summed E-state index contributed by atoms with van der Waals surface area (Å²) >= 11 is 0. The van der Waals surface area contributed by atoms with E-state index in [0.29, 0.717) is 18.8 Å². The minimum Gasteiger partial charge on any atom is -0.459 e. The van der Waals surface area contributed by atoms with Crippen molar-refractivity contribution in [3.05, 3.63) is 31.0 Å². The molecule has 1 heterocycles. The zero-order chi connectivity index (χ0) is 10.3. The van der Waals surface area contributed by atoms with Crippen molar-refractivity contribution >= 4 is 5.97 Å². The largest absolute Gasteiger partial charge is 0.459 e. The highest BCUT2D eigenvalue weighted by molar-refractivity contribution is 5.86. The summed E-state index contributed by atoms with van der Waals surface area (Å²) in [5.74, 6) is -0.337. The normalized spacial score (nSPS) is 17.5. The number of carbonyl (C=O) groups excluding carboxylic acids is 1. The molecular formula is C10H14O3. The van der Waals surface area contributed by atoms with Gasteiger partial charge in [-0.05, 0) is 6.92 Å². The maximum Gasteiger partial charge on any atom is 0.333 e. The summed E-state index contributed by atoms with van der Waals surface area (Å²) in [7, 11) is 0. The molecule has 1 aliphatic heterocycles. The van der Waals surface area contributed by atoms with Crippen LogP contribution in [-0.4, -0.2) is 25.3 Å². The second-order valence-electron chi connectivity index (χ2n) is 2.58. The van der Waals surface area contributed by atoms with Gasteiger partial charge in [0, 0.05) is 5.57 Å². The molecule has 0 amide bonds. The van der Waals surface area contributed by atoms with Crippen LogP contribution in [0.4, 0.5) is 0 Å². The smallest absolute Gasteiger partial charge is 0.333 e. The van der Waals surface area contributed by atoms with Crippen LogP contribution in [0, 0.1) is 0 Å². The van der Waals surface area contributed by atoms with E-state index >= 15 is 0 Å². The molecule has 1 saturated heterocycles. The van der Waals surface area contributed by atoms with Crippen LogP contribution in [0.15, 0.2) is 31.0 Å². The fourth-order valence-electron chi connectivity index (χ4n) is 0.456. The van der Waals surface area contributed by atoms with Crippen molar-refractivity contribution in [1.82, 2.24) is 0 Å². The maximum atomic E-state index is 10.7. The van der Waals surface area contributed by atoms with Crippen LogP contribution in [0.2, 0.25) is 0 Å². The van der Waals surface area contributed by atoms with Gasteiger partial charge in [0.25, 0.3) is 0 Å². The summed E-state index contributed by atoms with van der Waals surface area (Å²) in [4.78, 5) is 10.7. The van der Waals surface area contributed by atoms with Gasteiger partial charge in [0.1, 0.15) is 12.7 Å². The topological polar surface area (TPSA) is 38.8 Å². The lowest BCUT2D eigenvalue weighted by atomic mass is 10.4. The van der Waals surface area contributed by atoms with Crippen LogP contribution in [-0.2, 0) is 14.3 Å². The molecule has 0 bridgehead atoms. The van der Waals surface area contributed by atoms with Crippen LogP contribution in [0.3, 0.4) is 0 Å². The van der Waals surface area contributed by atoms with Gasteiger partial charge in [0.2, 0.25) is 0 Å². The molecule has 1 unspecified atom stereocenters. The van der Waals surface area contributed by atoms with E-state index < -0.39 is 0 Å². The van der Waals surface area contributed by atoms with Crippen LogP contribution >= 0.6 is 0 Å². The highest BCUT2D eigenvalue weighted by Gasteiger charge is 2.24. The second-order valence-corrected chi connectivity index (χ2v) is 2.58. The maximum absolute atomic E-state index is 10.7. The summed E-state index contributed by atoms with van der Waals surface area (Å²) in [6, 6.07) is 0. The van der Waals surface area contributed by atoms with Crippen molar-refractivity contribution < 1.29 is 14.3 Å². The van der Waals surface area contributed by atoms with Crippen molar-refractivity contribution in [2.24, 2.45) is 0 Å². The summed E-state index contributed by atoms with van der Waals surface area (Å²) in [5, 5.41) is 0. The molecule has 0 N–H and O–H groups in total. The molecule has 0 saturated carbocycles. The van der Waals surface area contributed by atoms with Crippen molar-refractivity contribution in [2.75, 3.05) is 13.2 Å². The van der Waals surface area contributed by atoms with Gasteiger partial charge in [-0.15, -0.1) is 5.73 Å². The first-order valence-corrected chi connectivity index (χ1v) is 3.85. The first kappa shape index (κ1) is 11.7. The van der Waals surface area contributed by atoms with Gasteiger partial charge < -0.3 is 9.47 Å². The van der Waals surface area contributed by atoms with E-state index in [2.05, 4.69) is 25.5 Å². The third kappa shape index (κ3) is 7.06. The van der Waals surface area contributed by atoms with Gasteiger partial charge in [-0.2, -0.15) is 0 Å². The molecule has 0 spiro atoms. The Morgan fingerprint density at radius 1 is 1.69 bits per heavy atom. The summed E-state index contributed by atoms with van der Waals surface area (Å²) in [5.41, 5.74) is 2.68. The molecular weight excluding hydrogens is 168 g/mol. The zero-order valence-corrected chi connectivity index (χ0v) is 7.84. The Labute approximate surface area is 78.3 Å². The molecule has 3 nitrogen and oxygen atoms in total. The quantitative estimate of drug-likeness (QED) is 0.287. The molecule has 3 heteroatoms. The minimum atomic E-state index is -0.337. The Morgan fingerprint density at radius 2 is 2.15 bits per heavy atom. The molecule has 1 atom stereocenters. The number of rotatable bonds is 3. The number of ether oxygens (including phenoxy) is 2. The predicted molar refractivity (Wildman–Crippen MR) is 50.3 cm³/mol. The van der Waals surface area contributed by atoms with Crippen molar-refractivity contribution in [2.45, 2.75) is 13.0 Å². The number of carbonyl (C=O) groups is 1. The molecule has 0 aromatic heterocycles. The Hall–Kier alpha value is -1.31. The molecule has 0 aromatic rings. The highest BCUT2D eigenvalue weighted by Crippen LogP contribution is 2.09. The minimum absolute atomic E-state index is 0.142. The average molecular weight is 182 g/mol. The average Bonchev–Trinajstić information content (AvgIpc) is 2.84. The van der Waals surface area contributed by atoms with E-state index in [-0.39, 0.29) is 12.1 Å². The van der Waals surface area contributed by atoms with Crippen molar-refractivity contribution in [3.63, 3.8) is 0 Å². The van der Waals surface area contributed by atoms with Gasteiger partial charge in [-0.25, -0.2) is 4.79 Å². The predicted octanol–water partition coefficient (Wildman–Crippen LogP) is 1.46. The third-order valence-corrected chi connectivity index (χ3v) is 1.15. The van der Waals surface area contributed by atoms with Gasteiger partial charge in [0.15, 0.2) is 0 Å². The summed E-state index contributed by atoms with van der Waals surface area (Å²) < 4.78 is 9.60. The van der Waals surface area contributed by atoms with Crippen LogP contribution in [0.25, 0.3) is 0 Å². The SMILES string of the molecule is C=C(C)C(=O)OCC1CO1.C=C=C. The Morgan fingerprint density at radius 3 is 2.46 bits per heavy atom. The fraction of sp³-hybridized carbons (Fsp3) is 0.400. The Bertz CT molecular complexity index is 220. The van der Waals surface area contributed by atoms with E-state index in [1.165, 1.54) is 0 Å². The van der Waals surface area contributed by atoms with Gasteiger partial charge >= 0.3 is 5.97 Å². The second kappa shape index (κ2) is 6.23. The first-order chi connectivity index (χ1) is 6.11. The van der Waals surface area contributed by atoms with E-state index in [1.807, 2.05) is 0 Å². The van der Waals surface area contributed by atoms with Gasteiger partial charge in [-0.3, -0.25) is 0 Å². The van der Waals surface area contributed by atoms with E-state index in [1.54, 1.807) is 6.92 Å². The molecule has 1 aliphatic rings. The van der Waals surface area contributed by atoms with Crippen LogP contribution in [0.1, 0.15) is 6.92 Å². The number of hydrogen-bond acceptors (Lipinski definition) is 3. The number of epoxide rings is 1.